The molecule has 4 aliphatic heterocycles. The molecule has 2 amide bonds. The Kier molecular flexibility index (Phi) is 4.52. The van der Waals surface area contributed by atoms with E-state index in [9.17, 15) is 9.59 Å². The Hall–Kier alpha value is -1.14. The second-order valence-electron chi connectivity index (χ2n) is 8.26. The third kappa shape index (κ3) is 2.69. The first-order valence-corrected chi connectivity index (χ1v) is 10.1. The minimum absolute atomic E-state index is 0.0431. The summed E-state index contributed by atoms with van der Waals surface area (Å²) in [5.41, 5.74) is -0.0431. The van der Waals surface area contributed by atoms with E-state index in [4.69, 9.17) is 0 Å². The molecule has 25 heavy (non-hydrogen) atoms. The molecule has 0 bridgehead atoms. The molecule has 4 saturated heterocycles. The van der Waals surface area contributed by atoms with Crippen LogP contribution in [-0.4, -0.2) is 82.0 Å². The molecule has 0 aliphatic carbocycles. The molecular formula is C19H32N4O2. The van der Waals surface area contributed by atoms with Crippen LogP contribution in [0.25, 0.3) is 0 Å². The van der Waals surface area contributed by atoms with Crippen LogP contribution in [0.1, 0.15) is 58.8 Å². The topological polar surface area (TPSA) is 46.9 Å². The normalized spacial score (nSPS) is 39.0. The number of carbonyl (C=O) groups excluding carboxylic acids is 2. The van der Waals surface area contributed by atoms with E-state index in [1.54, 1.807) is 13.8 Å². The molecule has 0 saturated carbocycles. The summed E-state index contributed by atoms with van der Waals surface area (Å²) >= 11 is 0. The fraction of sp³-hybridized carbons (Fsp3) is 0.895. The third-order valence-electron chi connectivity index (χ3n) is 6.82. The summed E-state index contributed by atoms with van der Waals surface area (Å²) in [5.74, 6) is 0.371. The Morgan fingerprint density at radius 3 is 2.04 bits per heavy atom. The summed E-state index contributed by atoms with van der Waals surface area (Å²) in [6, 6.07) is 0. The monoisotopic (exact) mass is 348 g/mol. The van der Waals surface area contributed by atoms with Gasteiger partial charge in [0.25, 0.3) is 0 Å². The molecule has 140 valence electrons. The SMILES string of the molecule is CC(=O)N1CCCN2CCCCCCC3(C21)C1N(C(C)=O)CCCN13. The molecule has 4 fully saturated rings. The number of hydrogen-bond donors (Lipinski definition) is 0. The number of hydrogen-bond acceptors (Lipinski definition) is 4. The standard InChI is InChI=1S/C19H32N4O2/c1-15(24)21-12-7-11-20-10-6-4-3-5-9-19(17(20)21)18-22(16(2)25)13-8-14-23(18)19/h17-18H,3-14H2,1-2H3. The number of amides is 2. The molecule has 0 radical (unpaired) electrons. The number of carbonyl (C=O) groups is 2. The average molecular weight is 348 g/mol. The lowest BCUT2D eigenvalue weighted by Gasteiger charge is -2.48. The number of nitrogens with zero attached hydrogens (tertiary/aromatic N) is 4. The van der Waals surface area contributed by atoms with Crippen LogP contribution >= 0.6 is 0 Å². The zero-order valence-electron chi connectivity index (χ0n) is 15.7. The predicted molar refractivity (Wildman–Crippen MR) is 95.7 cm³/mol. The molecule has 4 heterocycles. The van der Waals surface area contributed by atoms with Gasteiger partial charge in [-0.05, 0) is 25.7 Å². The second kappa shape index (κ2) is 6.54. The van der Waals surface area contributed by atoms with Crippen LogP contribution in [0, 0.1) is 0 Å². The van der Waals surface area contributed by atoms with Crippen molar-refractivity contribution >= 4 is 11.8 Å². The Morgan fingerprint density at radius 2 is 1.32 bits per heavy atom. The van der Waals surface area contributed by atoms with Gasteiger partial charge in [0.05, 0.1) is 5.54 Å². The van der Waals surface area contributed by atoms with Crippen molar-refractivity contribution in [2.75, 3.05) is 32.7 Å². The molecule has 0 aromatic rings. The van der Waals surface area contributed by atoms with Crippen LogP contribution in [0.3, 0.4) is 0 Å². The summed E-state index contributed by atoms with van der Waals surface area (Å²) < 4.78 is 0. The maximum atomic E-state index is 12.5. The van der Waals surface area contributed by atoms with Crippen LogP contribution in [0.5, 0.6) is 0 Å². The van der Waals surface area contributed by atoms with Gasteiger partial charge < -0.3 is 9.80 Å². The molecule has 4 aliphatic rings. The predicted octanol–water partition coefficient (Wildman–Crippen LogP) is 1.46. The molecule has 0 aromatic carbocycles. The zero-order valence-corrected chi connectivity index (χ0v) is 15.7. The fourth-order valence-corrected chi connectivity index (χ4v) is 5.82. The van der Waals surface area contributed by atoms with Gasteiger partial charge in [-0.1, -0.05) is 19.3 Å². The van der Waals surface area contributed by atoms with Gasteiger partial charge in [-0.15, -0.1) is 0 Å². The highest BCUT2D eigenvalue weighted by Crippen LogP contribution is 2.54. The van der Waals surface area contributed by atoms with Crippen LogP contribution in [-0.2, 0) is 9.59 Å². The summed E-state index contributed by atoms with van der Waals surface area (Å²) in [6.07, 6.45) is 8.52. The third-order valence-corrected chi connectivity index (χ3v) is 6.82. The van der Waals surface area contributed by atoms with E-state index < -0.39 is 0 Å². The van der Waals surface area contributed by atoms with Gasteiger partial charge >= 0.3 is 0 Å². The van der Waals surface area contributed by atoms with E-state index in [2.05, 4.69) is 19.6 Å². The van der Waals surface area contributed by atoms with Crippen molar-refractivity contribution in [1.29, 1.82) is 0 Å². The van der Waals surface area contributed by atoms with Gasteiger partial charge in [-0.25, -0.2) is 0 Å². The Morgan fingerprint density at radius 1 is 0.720 bits per heavy atom. The van der Waals surface area contributed by atoms with Gasteiger partial charge in [0, 0.05) is 46.6 Å². The Bertz CT molecular complexity index is 554. The van der Waals surface area contributed by atoms with E-state index in [-0.39, 0.29) is 29.7 Å². The maximum absolute atomic E-state index is 12.5. The van der Waals surface area contributed by atoms with Crippen molar-refractivity contribution in [3.8, 4) is 0 Å². The lowest BCUT2D eigenvalue weighted by Crippen LogP contribution is -2.63. The highest BCUT2D eigenvalue weighted by atomic mass is 16.2. The Labute approximate surface area is 151 Å². The van der Waals surface area contributed by atoms with Crippen molar-refractivity contribution in [2.24, 2.45) is 0 Å². The second-order valence-corrected chi connectivity index (χ2v) is 8.26. The van der Waals surface area contributed by atoms with E-state index in [1.165, 1.54) is 25.7 Å². The van der Waals surface area contributed by atoms with Crippen molar-refractivity contribution in [2.45, 2.75) is 76.7 Å². The molecule has 0 N–H and O–H groups in total. The summed E-state index contributed by atoms with van der Waals surface area (Å²) in [6.45, 7) is 8.36. The summed E-state index contributed by atoms with van der Waals surface area (Å²) in [4.78, 5) is 34.0. The van der Waals surface area contributed by atoms with Crippen LogP contribution in [0.15, 0.2) is 0 Å². The van der Waals surface area contributed by atoms with Gasteiger partial charge in [-0.2, -0.15) is 0 Å². The number of fused-ring (bicyclic) bond motifs is 5. The van der Waals surface area contributed by atoms with Crippen molar-refractivity contribution in [3.05, 3.63) is 0 Å². The van der Waals surface area contributed by atoms with E-state index in [0.717, 1.165) is 52.0 Å². The molecule has 6 heteroatoms. The molecule has 6 nitrogen and oxygen atoms in total. The molecule has 0 aromatic heterocycles. The number of rotatable bonds is 0. The van der Waals surface area contributed by atoms with E-state index >= 15 is 0 Å². The van der Waals surface area contributed by atoms with Gasteiger partial charge in [-0.3, -0.25) is 19.4 Å². The van der Waals surface area contributed by atoms with Crippen molar-refractivity contribution in [1.82, 2.24) is 19.6 Å². The molecule has 4 unspecified atom stereocenters. The lowest BCUT2D eigenvalue weighted by atomic mass is 9.92. The molecule has 1 spiro atoms. The first-order chi connectivity index (χ1) is 12.1. The van der Waals surface area contributed by atoms with Gasteiger partial charge in [0.2, 0.25) is 11.8 Å². The fourth-order valence-electron chi connectivity index (χ4n) is 5.82. The highest BCUT2D eigenvalue weighted by Gasteiger charge is 2.72. The first kappa shape index (κ1) is 17.3. The quantitative estimate of drug-likeness (QED) is 0.622. The van der Waals surface area contributed by atoms with Crippen molar-refractivity contribution in [3.63, 3.8) is 0 Å². The smallest absolute Gasteiger partial charge is 0.220 e. The molecule has 4 rings (SSSR count). The van der Waals surface area contributed by atoms with Gasteiger partial charge in [0.1, 0.15) is 12.3 Å². The maximum Gasteiger partial charge on any atom is 0.220 e. The van der Waals surface area contributed by atoms with E-state index in [1.807, 2.05) is 0 Å². The van der Waals surface area contributed by atoms with E-state index in [0.29, 0.717) is 0 Å². The Balaban J connectivity index is 1.73. The lowest BCUT2D eigenvalue weighted by molar-refractivity contribution is -0.142. The largest absolute Gasteiger partial charge is 0.325 e. The molecular weight excluding hydrogens is 316 g/mol. The summed E-state index contributed by atoms with van der Waals surface area (Å²) in [7, 11) is 0. The van der Waals surface area contributed by atoms with Crippen LogP contribution in [0.4, 0.5) is 0 Å². The summed E-state index contributed by atoms with van der Waals surface area (Å²) in [5, 5.41) is 0. The first-order valence-electron chi connectivity index (χ1n) is 10.1. The van der Waals surface area contributed by atoms with Crippen LogP contribution < -0.4 is 0 Å². The average Bonchev–Trinajstić information content (AvgIpc) is 3.22. The minimum atomic E-state index is -0.0431. The minimum Gasteiger partial charge on any atom is -0.325 e. The van der Waals surface area contributed by atoms with Gasteiger partial charge in [0.15, 0.2) is 0 Å². The molecule has 4 atom stereocenters. The zero-order chi connectivity index (χ0) is 17.6. The van der Waals surface area contributed by atoms with Crippen molar-refractivity contribution < 1.29 is 9.59 Å². The highest BCUT2D eigenvalue weighted by molar-refractivity contribution is 5.76. The van der Waals surface area contributed by atoms with Crippen LogP contribution in [0.2, 0.25) is 0 Å².